The third kappa shape index (κ3) is 3.06. The lowest BCUT2D eigenvalue weighted by Gasteiger charge is -2.05. The van der Waals surface area contributed by atoms with Gasteiger partial charge in [-0.25, -0.2) is 4.63 Å². The van der Waals surface area contributed by atoms with Gasteiger partial charge in [0.15, 0.2) is 0 Å². The van der Waals surface area contributed by atoms with Crippen molar-refractivity contribution in [3.8, 4) is 5.75 Å². The smallest absolute Gasteiger partial charge is 0.142 e. The zero-order chi connectivity index (χ0) is 15.4. The Morgan fingerprint density at radius 1 is 1.14 bits per heavy atom. The third-order valence-electron chi connectivity index (χ3n) is 3.24. The Bertz CT molecular complexity index is 811. The van der Waals surface area contributed by atoms with Gasteiger partial charge in [-0.2, -0.15) is 0 Å². The second-order valence-corrected chi connectivity index (χ2v) is 4.77. The van der Waals surface area contributed by atoms with Crippen LogP contribution in [0.1, 0.15) is 18.1 Å². The number of oxime groups is 1. The molecule has 3 aromatic rings. The molecule has 0 aliphatic rings. The molecule has 1 aromatic heterocycles. The van der Waals surface area contributed by atoms with E-state index >= 15 is 0 Å². The molecule has 0 saturated carbocycles. The first-order chi connectivity index (χ1) is 10.8. The van der Waals surface area contributed by atoms with Crippen LogP contribution in [0.25, 0.3) is 11.0 Å². The zero-order valence-corrected chi connectivity index (χ0v) is 12.3. The van der Waals surface area contributed by atoms with E-state index in [-0.39, 0.29) is 0 Å². The SMILES string of the molecule is COc1cccc(/C(C)=N/OCc2ccc3nonc3c2)c1. The van der Waals surface area contributed by atoms with E-state index in [2.05, 4.69) is 20.1 Å². The fraction of sp³-hybridized carbons (Fsp3) is 0.188. The van der Waals surface area contributed by atoms with Gasteiger partial charge in [0.2, 0.25) is 0 Å². The average molecular weight is 297 g/mol. The van der Waals surface area contributed by atoms with E-state index in [9.17, 15) is 0 Å². The molecule has 0 saturated heterocycles. The van der Waals surface area contributed by atoms with Crippen molar-refractivity contribution in [2.45, 2.75) is 13.5 Å². The van der Waals surface area contributed by atoms with Gasteiger partial charge in [0.25, 0.3) is 0 Å². The van der Waals surface area contributed by atoms with E-state index in [1.54, 1.807) is 7.11 Å². The molecule has 0 unspecified atom stereocenters. The van der Waals surface area contributed by atoms with E-state index in [1.807, 2.05) is 49.4 Å². The lowest BCUT2D eigenvalue weighted by molar-refractivity contribution is 0.130. The van der Waals surface area contributed by atoms with Crippen molar-refractivity contribution >= 4 is 16.7 Å². The maximum absolute atomic E-state index is 5.40. The molecule has 0 bridgehead atoms. The number of nitrogens with zero attached hydrogens (tertiary/aromatic N) is 3. The molecule has 3 rings (SSSR count). The Morgan fingerprint density at radius 3 is 2.86 bits per heavy atom. The van der Waals surface area contributed by atoms with Crippen LogP contribution in [0.5, 0.6) is 5.75 Å². The molecule has 0 aliphatic carbocycles. The molecule has 112 valence electrons. The predicted molar refractivity (Wildman–Crippen MR) is 81.8 cm³/mol. The molecule has 1 heterocycles. The topological polar surface area (TPSA) is 69.7 Å². The first-order valence-electron chi connectivity index (χ1n) is 6.78. The van der Waals surface area contributed by atoms with Crippen LogP contribution in [0, 0.1) is 0 Å². The van der Waals surface area contributed by atoms with Gasteiger partial charge < -0.3 is 9.57 Å². The molecule has 0 amide bonds. The van der Waals surface area contributed by atoms with Crippen LogP contribution >= 0.6 is 0 Å². The van der Waals surface area contributed by atoms with Crippen molar-refractivity contribution in [1.82, 2.24) is 10.3 Å². The molecular formula is C16H15N3O3. The van der Waals surface area contributed by atoms with Crippen LogP contribution in [0.15, 0.2) is 52.2 Å². The summed E-state index contributed by atoms with van der Waals surface area (Å²) >= 11 is 0. The summed E-state index contributed by atoms with van der Waals surface area (Å²) < 4.78 is 9.86. The maximum Gasteiger partial charge on any atom is 0.142 e. The summed E-state index contributed by atoms with van der Waals surface area (Å²) in [7, 11) is 1.64. The molecule has 22 heavy (non-hydrogen) atoms. The lowest BCUT2D eigenvalue weighted by Crippen LogP contribution is -1.97. The summed E-state index contributed by atoms with van der Waals surface area (Å²) in [5, 5.41) is 11.7. The number of benzene rings is 2. The molecule has 0 spiro atoms. The Labute approximate surface area is 127 Å². The third-order valence-corrected chi connectivity index (χ3v) is 3.24. The molecule has 0 aliphatic heterocycles. The van der Waals surface area contributed by atoms with Gasteiger partial charge in [0, 0.05) is 5.56 Å². The molecule has 2 aromatic carbocycles. The monoisotopic (exact) mass is 297 g/mol. The first-order valence-corrected chi connectivity index (χ1v) is 6.78. The van der Waals surface area contributed by atoms with Crippen molar-refractivity contribution < 1.29 is 14.2 Å². The highest BCUT2D eigenvalue weighted by atomic mass is 16.6. The zero-order valence-electron chi connectivity index (χ0n) is 12.3. The lowest BCUT2D eigenvalue weighted by atomic mass is 10.1. The second-order valence-electron chi connectivity index (χ2n) is 4.77. The Hall–Kier alpha value is -2.89. The van der Waals surface area contributed by atoms with E-state index in [1.165, 1.54) is 0 Å². The summed E-state index contributed by atoms with van der Waals surface area (Å²) in [6.45, 7) is 2.24. The van der Waals surface area contributed by atoms with E-state index in [0.29, 0.717) is 12.1 Å². The fourth-order valence-electron chi connectivity index (χ4n) is 2.02. The van der Waals surface area contributed by atoms with Crippen LogP contribution in [-0.2, 0) is 11.4 Å². The maximum atomic E-state index is 5.40. The number of hydrogen-bond acceptors (Lipinski definition) is 6. The quantitative estimate of drug-likeness (QED) is 0.534. The second kappa shape index (κ2) is 6.26. The normalized spacial score (nSPS) is 11.6. The van der Waals surface area contributed by atoms with Crippen molar-refractivity contribution in [2.75, 3.05) is 7.11 Å². The van der Waals surface area contributed by atoms with E-state index in [4.69, 9.17) is 9.57 Å². The summed E-state index contributed by atoms with van der Waals surface area (Å²) in [4.78, 5) is 5.40. The minimum Gasteiger partial charge on any atom is -0.497 e. The Kier molecular flexibility index (Phi) is 4.00. The average Bonchev–Trinajstić information content (AvgIpc) is 3.02. The molecule has 6 heteroatoms. The van der Waals surface area contributed by atoms with Gasteiger partial charge in [-0.05, 0) is 47.1 Å². The molecule has 0 fully saturated rings. The Balaban J connectivity index is 1.67. The summed E-state index contributed by atoms with van der Waals surface area (Å²) in [6.07, 6.45) is 0. The minimum atomic E-state index is 0.351. The number of fused-ring (bicyclic) bond motifs is 1. The van der Waals surface area contributed by atoms with E-state index < -0.39 is 0 Å². The number of methoxy groups -OCH3 is 1. The highest BCUT2D eigenvalue weighted by Crippen LogP contribution is 2.15. The molecular weight excluding hydrogens is 282 g/mol. The van der Waals surface area contributed by atoms with Crippen LogP contribution in [0.4, 0.5) is 0 Å². The van der Waals surface area contributed by atoms with Gasteiger partial charge in [-0.15, -0.1) is 0 Å². The molecule has 0 radical (unpaired) electrons. The van der Waals surface area contributed by atoms with Gasteiger partial charge in [-0.1, -0.05) is 23.4 Å². The number of hydrogen-bond donors (Lipinski definition) is 0. The van der Waals surface area contributed by atoms with Crippen LogP contribution < -0.4 is 4.74 Å². The van der Waals surface area contributed by atoms with Crippen molar-refractivity contribution in [3.05, 3.63) is 53.6 Å². The predicted octanol–water partition coefficient (Wildman–Crippen LogP) is 3.17. The summed E-state index contributed by atoms with van der Waals surface area (Å²) in [6, 6.07) is 13.3. The first kappa shape index (κ1) is 14.1. The van der Waals surface area contributed by atoms with Crippen molar-refractivity contribution in [2.24, 2.45) is 5.16 Å². The van der Waals surface area contributed by atoms with E-state index in [0.717, 1.165) is 28.1 Å². The molecule has 0 atom stereocenters. The van der Waals surface area contributed by atoms with Gasteiger partial charge in [0.05, 0.1) is 12.8 Å². The fourth-order valence-corrected chi connectivity index (χ4v) is 2.02. The standard InChI is InChI=1S/C16H15N3O3/c1-11(13-4-3-5-14(9-13)20-2)17-21-10-12-6-7-15-16(8-12)19-22-18-15/h3-9H,10H2,1-2H3/b17-11+. The van der Waals surface area contributed by atoms with Crippen molar-refractivity contribution in [3.63, 3.8) is 0 Å². The van der Waals surface area contributed by atoms with Crippen LogP contribution in [0.3, 0.4) is 0 Å². The highest BCUT2D eigenvalue weighted by Gasteiger charge is 2.03. The van der Waals surface area contributed by atoms with Crippen molar-refractivity contribution in [1.29, 1.82) is 0 Å². The molecule has 6 nitrogen and oxygen atoms in total. The van der Waals surface area contributed by atoms with Crippen LogP contribution in [0.2, 0.25) is 0 Å². The highest BCUT2D eigenvalue weighted by molar-refractivity contribution is 5.98. The number of aromatic nitrogens is 2. The van der Waals surface area contributed by atoms with Gasteiger partial charge in [0.1, 0.15) is 23.4 Å². The largest absolute Gasteiger partial charge is 0.497 e. The van der Waals surface area contributed by atoms with Crippen LogP contribution in [-0.4, -0.2) is 23.1 Å². The van der Waals surface area contributed by atoms with Gasteiger partial charge in [-0.3, -0.25) is 0 Å². The van der Waals surface area contributed by atoms with Gasteiger partial charge >= 0.3 is 0 Å². The minimum absolute atomic E-state index is 0.351. The summed E-state index contributed by atoms with van der Waals surface area (Å²) in [5.41, 5.74) is 4.11. The number of rotatable bonds is 5. The summed E-state index contributed by atoms with van der Waals surface area (Å²) in [5.74, 6) is 0.788. The molecule has 0 N–H and O–H groups in total. The number of ether oxygens (including phenoxy) is 1. The Morgan fingerprint density at radius 2 is 2.00 bits per heavy atom.